The van der Waals surface area contributed by atoms with Crippen molar-refractivity contribution in [3.63, 3.8) is 0 Å². The molecule has 0 bridgehead atoms. The highest BCUT2D eigenvalue weighted by Gasteiger charge is 2.16. The van der Waals surface area contributed by atoms with Crippen molar-refractivity contribution in [1.82, 2.24) is 4.90 Å². The van der Waals surface area contributed by atoms with Crippen LogP contribution in [0.1, 0.15) is 17.5 Å². The molecule has 0 aromatic heterocycles. The number of guanidine groups is 1. The van der Waals surface area contributed by atoms with Crippen LogP contribution in [0.15, 0.2) is 53.5 Å². The highest BCUT2D eigenvalue weighted by Crippen LogP contribution is 2.18. The zero-order valence-corrected chi connectivity index (χ0v) is 20.3. The number of ether oxygens (including phenoxy) is 1. The summed E-state index contributed by atoms with van der Waals surface area (Å²) in [6, 6.07) is 16.7. The number of anilines is 2. The lowest BCUT2D eigenvalue weighted by Gasteiger charge is -2.36. The van der Waals surface area contributed by atoms with Crippen molar-refractivity contribution in [2.45, 2.75) is 20.0 Å². The molecule has 6 nitrogen and oxygen atoms in total. The van der Waals surface area contributed by atoms with Gasteiger partial charge in [-0.15, -0.1) is 24.0 Å². The Morgan fingerprint density at radius 3 is 2.60 bits per heavy atom. The van der Waals surface area contributed by atoms with E-state index in [1.807, 2.05) is 24.3 Å². The highest BCUT2D eigenvalue weighted by molar-refractivity contribution is 14.0. The highest BCUT2D eigenvalue weighted by atomic mass is 127. The van der Waals surface area contributed by atoms with Crippen LogP contribution in [0.5, 0.6) is 0 Å². The van der Waals surface area contributed by atoms with E-state index >= 15 is 0 Å². The van der Waals surface area contributed by atoms with Crippen molar-refractivity contribution in [2.24, 2.45) is 10.7 Å². The first-order valence-corrected chi connectivity index (χ1v) is 10.3. The molecule has 1 heterocycles. The fraction of sp³-hybridized carbons (Fsp3) is 0.435. The first-order chi connectivity index (χ1) is 14.2. The number of halogens is 1. The van der Waals surface area contributed by atoms with Gasteiger partial charge in [-0.25, -0.2) is 0 Å². The third-order valence-electron chi connectivity index (χ3n) is 5.23. The average molecular weight is 523 g/mol. The largest absolute Gasteiger partial charge is 0.380 e. The Bertz CT molecular complexity index is 806. The van der Waals surface area contributed by atoms with Gasteiger partial charge in [0.25, 0.3) is 0 Å². The molecule has 0 amide bonds. The van der Waals surface area contributed by atoms with Crippen molar-refractivity contribution in [3.8, 4) is 0 Å². The molecule has 3 N–H and O–H groups in total. The summed E-state index contributed by atoms with van der Waals surface area (Å²) in [6.45, 7) is 8.81. The van der Waals surface area contributed by atoms with Gasteiger partial charge in [0.1, 0.15) is 0 Å². The maximum atomic E-state index is 6.06. The molecule has 0 aliphatic carbocycles. The molecule has 7 heteroatoms. The van der Waals surface area contributed by atoms with Crippen LogP contribution in [0.2, 0.25) is 0 Å². The van der Waals surface area contributed by atoms with Crippen LogP contribution in [-0.4, -0.2) is 57.2 Å². The number of nitrogens with one attached hydrogen (secondary N) is 1. The second-order valence-electron chi connectivity index (χ2n) is 7.50. The smallest absolute Gasteiger partial charge is 0.193 e. The maximum absolute atomic E-state index is 6.06. The van der Waals surface area contributed by atoms with Gasteiger partial charge in [0.15, 0.2) is 5.96 Å². The van der Waals surface area contributed by atoms with E-state index in [4.69, 9.17) is 10.5 Å². The summed E-state index contributed by atoms with van der Waals surface area (Å²) in [5.41, 5.74) is 10.7. The Hall–Kier alpha value is -1.84. The van der Waals surface area contributed by atoms with Gasteiger partial charge in [-0.3, -0.25) is 9.89 Å². The monoisotopic (exact) mass is 523 g/mol. The number of nitrogens with two attached hydrogens (primary N) is 1. The van der Waals surface area contributed by atoms with Crippen LogP contribution in [-0.2, 0) is 11.3 Å². The molecule has 0 unspecified atom stereocenters. The van der Waals surface area contributed by atoms with E-state index in [0.29, 0.717) is 12.6 Å². The van der Waals surface area contributed by atoms with Gasteiger partial charge in [0.2, 0.25) is 0 Å². The van der Waals surface area contributed by atoms with Crippen LogP contribution in [0.25, 0.3) is 0 Å². The summed E-state index contributed by atoms with van der Waals surface area (Å²) in [5.74, 6) is 0.456. The molecule has 2 aromatic rings. The zero-order chi connectivity index (χ0) is 20.5. The molecule has 1 fully saturated rings. The average Bonchev–Trinajstić information content (AvgIpc) is 2.73. The molecule has 0 atom stereocenters. The summed E-state index contributed by atoms with van der Waals surface area (Å²) >= 11 is 0. The lowest BCUT2D eigenvalue weighted by atomic mass is 10.2. The molecule has 1 aliphatic rings. The molecular formula is C23H34IN5O. The maximum Gasteiger partial charge on any atom is 0.193 e. The number of aliphatic imine (C=N–C) groups is 1. The molecule has 1 saturated heterocycles. The van der Waals surface area contributed by atoms with Crippen molar-refractivity contribution in [1.29, 1.82) is 0 Å². The molecule has 0 spiro atoms. The van der Waals surface area contributed by atoms with E-state index in [2.05, 4.69) is 51.3 Å². The quantitative estimate of drug-likeness (QED) is 0.239. The molecule has 3 rings (SSSR count). The Balaban J connectivity index is 0.00000320. The molecular weight excluding hydrogens is 489 g/mol. The van der Waals surface area contributed by atoms with Gasteiger partial charge in [-0.05, 0) is 37.1 Å². The summed E-state index contributed by atoms with van der Waals surface area (Å²) in [7, 11) is 1.69. The minimum Gasteiger partial charge on any atom is -0.380 e. The number of methoxy groups -OCH3 is 1. The molecule has 30 heavy (non-hydrogen) atoms. The standard InChI is InChI=1S/C23H33N5O.HI/c1-19-7-5-9-21(17-19)28-15-13-27(14-16-28)12-6-11-25-23(24)26-22-10-4-3-8-20(22)18-29-2;/h3-5,7-10,17H,6,11-16,18H2,1-2H3,(H3,24,25,26);1H. The Morgan fingerprint density at radius 1 is 1.10 bits per heavy atom. The first-order valence-electron chi connectivity index (χ1n) is 10.3. The van der Waals surface area contributed by atoms with E-state index in [1.54, 1.807) is 7.11 Å². The Morgan fingerprint density at radius 2 is 1.87 bits per heavy atom. The summed E-state index contributed by atoms with van der Waals surface area (Å²) < 4.78 is 5.23. The summed E-state index contributed by atoms with van der Waals surface area (Å²) in [5, 5.41) is 3.19. The Kier molecular flexibility index (Phi) is 10.4. The van der Waals surface area contributed by atoms with Crippen LogP contribution in [0.4, 0.5) is 11.4 Å². The van der Waals surface area contributed by atoms with E-state index in [-0.39, 0.29) is 24.0 Å². The van der Waals surface area contributed by atoms with E-state index in [9.17, 15) is 0 Å². The van der Waals surface area contributed by atoms with Gasteiger partial charge in [0, 0.05) is 63.3 Å². The summed E-state index contributed by atoms with van der Waals surface area (Å²) in [6.07, 6.45) is 1.01. The number of aryl methyl sites for hydroxylation is 1. The number of piperazine rings is 1. The van der Waals surface area contributed by atoms with Crippen molar-refractivity contribution in [3.05, 3.63) is 59.7 Å². The molecule has 0 saturated carbocycles. The van der Waals surface area contributed by atoms with E-state index in [0.717, 1.165) is 56.9 Å². The van der Waals surface area contributed by atoms with Gasteiger partial charge in [0.05, 0.1) is 6.61 Å². The molecule has 1 aliphatic heterocycles. The second-order valence-corrected chi connectivity index (χ2v) is 7.50. The fourth-order valence-corrected chi connectivity index (χ4v) is 3.65. The number of benzene rings is 2. The predicted molar refractivity (Wildman–Crippen MR) is 137 cm³/mol. The van der Waals surface area contributed by atoms with E-state index in [1.165, 1.54) is 11.3 Å². The zero-order valence-electron chi connectivity index (χ0n) is 18.0. The first kappa shape index (κ1) is 24.4. The third-order valence-corrected chi connectivity index (χ3v) is 5.23. The lowest BCUT2D eigenvalue weighted by molar-refractivity contribution is 0.185. The summed E-state index contributed by atoms with van der Waals surface area (Å²) in [4.78, 5) is 9.47. The minimum atomic E-state index is 0. The third kappa shape index (κ3) is 7.45. The van der Waals surface area contributed by atoms with Crippen LogP contribution < -0.4 is 16.0 Å². The van der Waals surface area contributed by atoms with Crippen LogP contribution >= 0.6 is 24.0 Å². The Labute approximate surface area is 197 Å². The topological polar surface area (TPSA) is 66.1 Å². The normalized spacial score (nSPS) is 15.0. The predicted octanol–water partition coefficient (Wildman–Crippen LogP) is 3.70. The SMILES string of the molecule is COCc1ccccc1NC(N)=NCCCN1CCN(c2cccc(C)c2)CC1.I. The lowest BCUT2D eigenvalue weighted by Crippen LogP contribution is -2.46. The number of hydrogen-bond donors (Lipinski definition) is 2. The molecule has 2 aromatic carbocycles. The van der Waals surface area contributed by atoms with Crippen LogP contribution in [0, 0.1) is 6.92 Å². The van der Waals surface area contributed by atoms with Crippen molar-refractivity contribution in [2.75, 3.05) is 56.6 Å². The van der Waals surface area contributed by atoms with Gasteiger partial charge >= 0.3 is 0 Å². The van der Waals surface area contributed by atoms with Crippen molar-refractivity contribution < 1.29 is 4.74 Å². The number of rotatable bonds is 8. The number of para-hydroxylation sites is 1. The molecule has 0 radical (unpaired) electrons. The van der Waals surface area contributed by atoms with E-state index < -0.39 is 0 Å². The van der Waals surface area contributed by atoms with Gasteiger partial charge in [-0.1, -0.05) is 30.3 Å². The number of nitrogens with zero attached hydrogens (tertiary/aromatic N) is 3. The van der Waals surface area contributed by atoms with Gasteiger partial charge in [-0.2, -0.15) is 0 Å². The number of hydrogen-bond acceptors (Lipinski definition) is 4. The minimum absolute atomic E-state index is 0. The fourth-order valence-electron chi connectivity index (χ4n) is 3.65. The molecule has 164 valence electrons. The van der Waals surface area contributed by atoms with Crippen LogP contribution in [0.3, 0.4) is 0 Å². The van der Waals surface area contributed by atoms with Gasteiger partial charge < -0.3 is 20.7 Å². The van der Waals surface area contributed by atoms with Crippen molar-refractivity contribution >= 4 is 41.3 Å². The second kappa shape index (κ2) is 12.8.